The molecule has 0 aliphatic heterocycles. The smallest absolute Gasteiger partial charge is 0.230 e. The van der Waals surface area contributed by atoms with Crippen molar-refractivity contribution in [2.75, 3.05) is 11.5 Å². The van der Waals surface area contributed by atoms with E-state index in [4.69, 9.17) is 11.6 Å². The van der Waals surface area contributed by atoms with E-state index < -0.39 is 0 Å². The zero-order chi connectivity index (χ0) is 12.5. The number of nitrogens with one attached hydrogen (secondary N) is 1. The first kappa shape index (κ1) is 14.4. The van der Waals surface area contributed by atoms with Crippen molar-refractivity contribution >= 4 is 29.3 Å². The van der Waals surface area contributed by atoms with Crippen molar-refractivity contribution in [3.8, 4) is 0 Å². The summed E-state index contributed by atoms with van der Waals surface area (Å²) in [5, 5.41) is 3.61. The average Bonchev–Trinajstić information content (AvgIpc) is 2.34. The molecule has 2 nitrogen and oxygen atoms in total. The molecule has 0 aliphatic rings. The van der Waals surface area contributed by atoms with Gasteiger partial charge in [-0.05, 0) is 29.9 Å². The molecule has 1 amide bonds. The molecule has 0 aromatic heterocycles. The van der Waals surface area contributed by atoms with Crippen LogP contribution in [0.15, 0.2) is 24.3 Å². The summed E-state index contributed by atoms with van der Waals surface area (Å²) in [5.74, 6) is 1.71. The number of thioether (sulfide) groups is 1. The second-order valence-corrected chi connectivity index (χ2v) is 5.35. The molecule has 0 radical (unpaired) electrons. The number of amides is 1. The molecule has 0 heterocycles. The first-order valence-electron chi connectivity index (χ1n) is 5.81. The molecule has 0 atom stereocenters. The molecule has 0 aliphatic carbocycles. The fourth-order valence-corrected chi connectivity index (χ4v) is 2.32. The van der Waals surface area contributed by atoms with Crippen LogP contribution in [0.2, 0.25) is 5.02 Å². The highest BCUT2D eigenvalue weighted by atomic mass is 35.5. The largest absolute Gasteiger partial charge is 0.351 e. The highest BCUT2D eigenvalue weighted by molar-refractivity contribution is 7.99. The third kappa shape index (κ3) is 6.59. The van der Waals surface area contributed by atoms with Gasteiger partial charge in [-0.2, -0.15) is 11.8 Å². The zero-order valence-corrected chi connectivity index (χ0v) is 11.6. The molecular formula is C13H18ClNOS. The van der Waals surface area contributed by atoms with Crippen LogP contribution < -0.4 is 5.32 Å². The van der Waals surface area contributed by atoms with Crippen molar-refractivity contribution in [3.05, 3.63) is 34.9 Å². The van der Waals surface area contributed by atoms with Crippen molar-refractivity contribution < 1.29 is 4.79 Å². The monoisotopic (exact) mass is 271 g/mol. The lowest BCUT2D eigenvalue weighted by atomic mass is 10.2. The summed E-state index contributed by atoms with van der Waals surface area (Å²) in [5.41, 5.74) is 1.07. The topological polar surface area (TPSA) is 29.1 Å². The summed E-state index contributed by atoms with van der Waals surface area (Å²) in [6, 6.07) is 7.51. The average molecular weight is 272 g/mol. The maximum Gasteiger partial charge on any atom is 0.230 e. The van der Waals surface area contributed by atoms with Gasteiger partial charge in [0.25, 0.3) is 0 Å². The van der Waals surface area contributed by atoms with Gasteiger partial charge in [0.05, 0.1) is 5.75 Å². The van der Waals surface area contributed by atoms with E-state index >= 15 is 0 Å². The maximum absolute atomic E-state index is 11.5. The van der Waals surface area contributed by atoms with E-state index in [1.807, 2.05) is 24.3 Å². The molecule has 0 spiro atoms. The predicted molar refractivity (Wildman–Crippen MR) is 75.5 cm³/mol. The Balaban J connectivity index is 2.17. The summed E-state index contributed by atoms with van der Waals surface area (Å²) in [7, 11) is 0. The van der Waals surface area contributed by atoms with E-state index in [0.29, 0.717) is 12.3 Å². The number of carbonyl (C=O) groups is 1. The zero-order valence-electron chi connectivity index (χ0n) is 10.0. The Morgan fingerprint density at radius 2 is 2.06 bits per heavy atom. The maximum atomic E-state index is 11.5. The minimum Gasteiger partial charge on any atom is -0.351 e. The highest BCUT2D eigenvalue weighted by Crippen LogP contribution is 2.09. The molecule has 94 valence electrons. The van der Waals surface area contributed by atoms with Crippen LogP contribution >= 0.6 is 23.4 Å². The summed E-state index contributed by atoms with van der Waals surface area (Å²) >= 11 is 7.47. The molecule has 0 saturated heterocycles. The van der Waals surface area contributed by atoms with Crippen LogP contribution in [0, 0.1) is 0 Å². The number of benzene rings is 1. The van der Waals surface area contributed by atoms with Gasteiger partial charge in [0.2, 0.25) is 5.91 Å². The van der Waals surface area contributed by atoms with Gasteiger partial charge < -0.3 is 5.32 Å². The highest BCUT2D eigenvalue weighted by Gasteiger charge is 2.01. The van der Waals surface area contributed by atoms with Crippen molar-refractivity contribution in [3.63, 3.8) is 0 Å². The molecule has 0 unspecified atom stereocenters. The molecule has 0 saturated carbocycles. The summed E-state index contributed by atoms with van der Waals surface area (Å²) in [4.78, 5) is 11.5. The third-order valence-electron chi connectivity index (χ3n) is 2.28. The molecule has 1 aromatic carbocycles. The minimum atomic E-state index is 0.0982. The second kappa shape index (κ2) is 8.43. The lowest BCUT2D eigenvalue weighted by Gasteiger charge is -2.05. The second-order valence-electron chi connectivity index (χ2n) is 3.81. The first-order valence-corrected chi connectivity index (χ1v) is 7.34. The number of hydrogen-bond acceptors (Lipinski definition) is 2. The number of unbranched alkanes of at least 4 members (excludes halogenated alkanes) is 1. The quantitative estimate of drug-likeness (QED) is 0.769. The SMILES string of the molecule is CCCCSCC(=O)NCc1ccc(Cl)cc1. The third-order valence-corrected chi connectivity index (χ3v) is 3.57. The van der Waals surface area contributed by atoms with Crippen LogP contribution in [0.5, 0.6) is 0 Å². The van der Waals surface area contributed by atoms with Crippen molar-refractivity contribution in [2.45, 2.75) is 26.3 Å². The molecule has 1 N–H and O–H groups in total. The molecule has 0 fully saturated rings. The van der Waals surface area contributed by atoms with Gasteiger partial charge in [-0.3, -0.25) is 4.79 Å². The lowest BCUT2D eigenvalue weighted by molar-refractivity contribution is -0.118. The number of rotatable bonds is 7. The van der Waals surface area contributed by atoms with Crippen LogP contribution in [0.3, 0.4) is 0 Å². The van der Waals surface area contributed by atoms with Crippen molar-refractivity contribution in [2.24, 2.45) is 0 Å². The van der Waals surface area contributed by atoms with Gasteiger partial charge in [-0.15, -0.1) is 0 Å². The number of hydrogen-bond donors (Lipinski definition) is 1. The fraction of sp³-hybridized carbons (Fsp3) is 0.462. The Labute approximate surface area is 112 Å². The van der Waals surface area contributed by atoms with Gasteiger partial charge >= 0.3 is 0 Å². The molecule has 1 rings (SSSR count). The van der Waals surface area contributed by atoms with E-state index in [0.717, 1.165) is 16.3 Å². The van der Waals surface area contributed by atoms with Crippen LogP contribution in [-0.2, 0) is 11.3 Å². The van der Waals surface area contributed by atoms with Gasteiger partial charge in [0.1, 0.15) is 0 Å². The first-order chi connectivity index (χ1) is 8.22. The lowest BCUT2D eigenvalue weighted by Crippen LogP contribution is -2.24. The van der Waals surface area contributed by atoms with E-state index in [2.05, 4.69) is 12.2 Å². The van der Waals surface area contributed by atoms with Crippen LogP contribution in [0.25, 0.3) is 0 Å². The van der Waals surface area contributed by atoms with E-state index in [1.165, 1.54) is 12.8 Å². The molecule has 4 heteroatoms. The Hall–Kier alpha value is -0.670. The molecule has 17 heavy (non-hydrogen) atoms. The van der Waals surface area contributed by atoms with Gasteiger partial charge in [0, 0.05) is 11.6 Å². The fourth-order valence-electron chi connectivity index (χ4n) is 1.27. The van der Waals surface area contributed by atoms with Crippen molar-refractivity contribution in [1.82, 2.24) is 5.32 Å². The van der Waals surface area contributed by atoms with Crippen LogP contribution in [-0.4, -0.2) is 17.4 Å². The molecular weight excluding hydrogens is 254 g/mol. The predicted octanol–water partition coefficient (Wildman–Crippen LogP) is 3.49. The minimum absolute atomic E-state index is 0.0982. The normalized spacial score (nSPS) is 10.2. The Morgan fingerprint density at radius 1 is 1.35 bits per heavy atom. The van der Waals surface area contributed by atoms with E-state index in [-0.39, 0.29) is 5.91 Å². The van der Waals surface area contributed by atoms with Gasteiger partial charge in [-0.1, -0.05) is 37.1 Å². The summed E-state index contributed by atoms with van der Waals surface area (Å²) in [6.45, 7) is 2.73. The summed E-state index contributed by atoms with van der Waals surface area (Å²) in [6.07, 6.45) is 2.36. The standard InChI is InChI=1S/C13H18ClNOS/c1-2-3-8-17-10-13(16)15-9-11-4-6-12(14)7-5-11/h4-7H,2-3,8-10H2,1H3,(H,15,16). The van der Waals surface area contributed by atoms with Gasteiger partial charge in [0.15, 0.2) is 0 Å². The Morgan fingerprint density at radius 3 is 2.71 bits per heavy atom. The summed E-state index contributed by atoms with van der Waals surface area (Å²) < 4.78 is 0. The van der Waals surface area contributed by atoms with E-state index in [9.17, 15) is 4.79 Å². The molecule has 0 bridgehead atoms. The number of carbonyl (C=O) groups excluding carboxylic acids is 1. The number of halogens is 1. The van der Waals surface area contributed by atoms with Crippen molar-refractivity contribution in [1.29, 1.82) is 0 Å². The molecule has 1 aromatic rings. The van der Waals surface area contributed by atoms with Crippen LogP contribution in [0.1, 0.15) is 25.3 Å². The van der Waals surface area contributed by atoms with Gasteiger partial charge in [-0.25, -0.2) is 0 Å². The van der Waals surface area contributed by atoms with Crippen LogP contribution in [0.4, 0.5) is 0 Å². The Bertz CT molecular complexity index is 340. The Kier molecular flexibility index (Phi) is 7.13. The van der Waals surface area contributed by atoms with E-state index in [1.54, 1.807) is 11.8 Å².